The first-order valence-electron chi connectivity index (χ1n) is 9.20. The summed E-state index contributed by atoms with van der Waals surface area (Å²) in [5, 5.41) is 15.2. The third-order valence-electron chi connectivity index (χ3n) is 4.18. The molecular weight excluding hydrogens is 388 g/mol. The van der Waals surface area contributed by atoms with Crippen molar-refractivity contribution in [2.24, 2.45) is 0 Å². The first-order valence-corrected chi connectivity index (χ1v) is 10.9. The molecule has 0 bridgehead atoms. The van der Waals surface area contributed by atoms with E-state index in [1.807, 2.05) is 49.4 Å². The first kappa shape index (κ1) is 20.4. The van der Waals surface area contributed by atoms with Gasteiger partial charge in [-0.2, -0.15) is 0 Å². The molecule has 7 heteroatoms. The highest BCUT2D eigenvalue weighted by Crippen LogP contribution is 2.30. The van der Waals surface area contributed by atoms with Gasteiger partial charge < -0.3 is 10.6 Å². The van der Waals surface area contributed by atoms with Crippen molar-refractivity contribution in [1.82, 2.24) is 10.2 Å². The normalized spacial score (nSPS) is 12.0. The van der Waals surface area contributed by atoms with Crippen LogP contribution >= 0.6 is 23.1 Å². The zero-order valence-corrected chi connectivity index (χ0v) is 17.8. The van der Waals surface area contributed by atoms with Crippen molar-refractivity contribution >= 4 is 39.8 Å². The molecule has 1 unspecified atom stereocenters. The van der Waals surface area contributed by atoms with E-state index in [2.05, 4.69) is 46.8 Å². The lowest BCUT2D eigenvalue weighted by molar-refractivity contribution is -0.115. The average Bonchev–Trinajstić information content (AvgIpc) is 3.14. The molecule has 0 spiro atoms. The standard InChI is InChI=1S/C21H24N4OS2/c1-14(2)17-11-7-8-12-18(17)23-19(26)15(3)27-21-25-24-20(28-21)22-13-16-9-5-4-6-10-16/h4-12,14-15H,13H2,1-3H3,(H,22,24)(H,23,26). The molecule has 0 fully saturated rings. The van der Waals surface area contributed by atoms with E-state index < -0.39 is 0 Å². The number of thioether (sulfide) groups is 1. The van der Waals surface area contributed by atoms with Gasteiger partial charge in [0.25, 0.3) is 0 Å². The van der Waals surface area contributed by atoms with Crippen LogP contribution in [0.2, 0.25) is 0 Å². The van der Waals surface area contributed by atoms with Crippen molar-refractivity contribution in [2.45, 2.75) is 42.8 Å². The third kappa shape index (κ3) is 5.56. The highest BCUT2D eigenvalue weighted by molar-refractivity contribution is 8.02. The van der Waals surface area contributed by atoms with Crippen LogP contribution in [-0.4, -0.2) is 21.4 Å². The highest BCUT2D eigenvalue weighted by atomic mass is 32.2. The third-order valence-corrected chi connectivity index (χ3v) is 6.25. The molecule has 0 aliphatic carbocycles. The van der Waals surface area contributed by atoms with Crippen molar-refractivity contribution in [3.05, 3.63) is 65.7 Å². The molecule has 0 aliphatic heterocycles. The topological polar surface area (TPSA) is 66.9 Å². The van der Waals surface area contributed by atoms with Crippen molar-refractivity contribution < 1.29 is 4.79 Å². The lowest BCUT2D eigenvalue weighted by Gasteiger charge is -2.15. The van der Waals surface area contributed by atoms with Gasteiger partial charge in [0, 0.05) is 12.2 Å². The van der Waals surface area contributed by atoms with E-state index in [9.17, 15) is 4.79 Å². The second kappa shape index (κ2) is 9.71. The molecule has 1 atom stereocenters. The zero-order chi connectivity index (χ0) is 19.9. The van der Waals surface area contributed by atoms with E-state index >= 15 is 0 Å². The first-order chi connectivity index (χ1) is 13.5. The number of hydrogen-bond donors (Lipinski definition) is 2. The van der Waals surface area contributed by atoms with Crippen molar-refractivity contribution in [2.75, 3.05) is 10.6 Å². The summed E-state index contributed by atoms with van der Waals surface area (Å²) in [6.07, 6.45) is 0. The predicted octanol–water partition coefficient (Wildman–Crippen LogP) is 5.39. The van der Waals surface area contributed by atoms with Gasteiger partial charge in [-0.05, 0) is 30.0 Å². The van der Waals surface area contributed by atoms with E-state index in [0.717, 1.165) is 20.7 Å². The van der Waals surface area contributed by atoms with Gasteiger partial charge in [0.15, 0.2) is 4.34 Å². The molecule has 0 radical (unpaired) electrons. The summed E-state index contributed by atoms with van der Waals surface area (Å²) in [6, 6.07) is 18.1. The van der Waals surface area contributed by atoms with Crippen LogP contribution in [0.4, 0.5) is 10.8 Å². The lowest BCUT2D eigenvalue weighted by Crippen LogP contribution is -2.23. The minimum atomic E-state index is -0.268. The summed E-state index contributed by atoms with van der Waals surface area (Å²) in [5.41, 5.74) is 3.19. The quantitative estimate of drug-likeness (QED) is 0.485. The smallest absolute Gasteiger partial charge is 0.237 e. The Balaban J connectivity index is 1.55. The summed E-state index contributed by atoms with van der Waals surface area (Å²) in [6.45, 7) is 6.82. The van der Waals surface area contributed by atoms with Gasteiger partial charge >= 0.3 is 0 Å². The number of nitrogens with zero attached hydrogens (tertiary/aromatic N) is 2. The van der Waals surface area contributed by atoms with Gasteiger partial charge in [-0.3, -0.25) is 4.79 Å². The average molecular weight is 413 g/mol. The molecule has 146 valence electrons. The molecule has 2 N–H and O–H groups in total. The molecule has 0 saturated heterocycles. The predicted molar refractivity (Wildman–Crippen MR) is 118 cm³/mol. The summed E-state index contributed by atoms with van der Waals surface area (Å²) >= 11 is 2.88. The van der Waals surface area contributed by atoms with Gasteiger partial charge in [-0.25, -0.2) is 0 Å². The van der Waals surface area contributed by atoms with E-state index in [1.54, 1.807) is 0 Å². The number of para-hydroxylation sites is 1. The Hall–Kier alpha value is -2.38. The van der Waals surface area contributed by atoms with Crippen molar-refractivity contribution in [1.29, 1.82) is 0 Å². The second-order valence-electron chi connectivity index (χ2n) is 6.70. The van der Waals surface area contributed by atoms with Gasteiger partial charge in [-0.15, -0.1) is 10.2 Å². The van der Waals surface area contributed by atoms with Crippen LogP contribution < -0.4 is 10.6 Å². The Kier molecular flexibility index (Phi) is 7.06. The van der Waals surface area contributed by atoms with E-state index in [4.69, 9.17) is 0 Å². The van der Waals surface area contributed by atoms with E-state index in [0.29, 0.717) is 12.5 Å². The molecule has 3 aromatic rings. The number of aromatic nitrogens is 2. The number of benzene rings is 2. The molecular formula is C21H24N4OS2. The minimum Gasteiger partial charge on any atom is -0.356 e. The molecule has 2 aromatic carbocycles. The number of carbonyl (C=O) groups is 1. The number of hydrogen-bond acceptors (Lipinski definition) is 6. The summed E-state index contributed by atoms with van der Waals surface area (Å²) in [4.78, 5) is 12.6. The van der Waals surface area contributed by atoms with Crippen molar-refractivity contribution in [3.8, 4) is 0 Å². The number of amides is 1. The number of anilines is 2. The van der Waals surface area contributed by atoms with Crippen LogP contribution in [0.5, 0.6) is 0 Å². The van der Waals surface area contributed by atoms with Crippen LogP contribution in [0.1, 0.15) is 37.8 Å². The fourth-order valence-electron chi connectivity index (χ4n) is 2.66. The maximum Gasteiger partial charge on any atom is 0.237 e. The molecule has 0 aliphatic rings. The van der Waals surface area contributed by atoms with Crippen LogP contribution in [0, 0.1) is 0 Å². The zero-order valence-electron chi connectivity index (χ0n) is 16.2. The molecule has 28 heavy (non-hydrogen) atoms. The molecule has 1 aromatic heterocycles. The Bertz CT molecular complexity index is 912. The maximum absolute atomic E-state index is 12.6. The Morgan fingerprint density at radius 1 is 1.04 bits per heavy atom. The molecule has 0 saturated carbocycles. The molecule has 3 rings (SSSR count). The van der Waals surface area contributed by atoms with Gasteiger partial charge in [-0.1, -0.05) is 85.5 Å². The number of carbonyl (C=O) groups excluding carboxylic acids is 1. The molecule has 1 heterocycles. The summed E-state index contributed by atoms with van der Waals surface area (Å²) in [5.74, 6) is 0.313. The van der Waals surface area contributed by atoms with Crippen LogP contribution in [0.25, 0.3) is 0 Å². The maximum atomic E-state index is 12.6. The fraction of sp³-hybridized carbons (Fsp3) is 0.286. The van der Waals surface area contributed by atoms with Crippen LogP contribution in [0.3, 0.4) is 0 Å². The number of rotatable bonds is 8. The monoisotopic (exact) mass is 412 g/mol. The SMILES string of the molecule is CC(Sc1nnc(NCc2ccccc2)s1)C(=O)Nc1ccccc1C(C)C. The summed E-state index contributed by atoms with van der Waals surface area (Å²) in [7, 11) is 0. The molecule has 5 nitrogen and oxygen atoms in total. The Labute approximate surface area is 174 Å². The van der Waals surface area contributed by atoms with Gasteiger partial charge in [0.05, 0.1) is 5.25 Å². The van der Waals surface area contributed by atoms with Crippen LogP contribution in [-0.2, 0) is 11.3 Å². The lowest BCUT2D eigenvalue weighted by atomic mass is 10.0. The van der Waals surface area contributed by atoms with Crippen molar-refractivity contribution in [3.63, 3.8) is 0 Å². The Morgan fingerprint density at radius 2 is 1.75 bits per heavy atom. The van der Waals surface area contributed by atoms with Crippen LogP contribution in [0.15, 0.2) is 58.9 Å². The van der Waals surface area contributed by atoms with E-state index in [1.165, 1.54) is 28.7 Å². The molecule has 1 amide bonds. The largest absolute Gasteiger partial charge is 0.356 e. The summed E-state index contributed by atoms with van der Waals surface area (Å²) < 4.78 is 0.773. The second-order valence-corrected chi connectivity index (χ2v) is 9.27. The highest BCUT2D eigenvalue weighted by Gasteiger charge is 2.18. The fourth-order valence-corrected chi connectivity index (χ4v) is 4.55. The van der Waals surface area contributed by atoms with Gasteiger partial charge in [0.2, 0.25) is 11.0 Å². The minimum absolute atomic E-state index is 0.0351. The number of nitrogens with one attached hydrogen (secondary N) is 2. The van der Waals surface area contributed by atoms with E-state index in [-0.39, 0.29) is 11.2 Å². The Morgan fingerprint density at radius 3 is 2.50 bits per heavy atom. The van der Waals surface area contributed by atoms with Gasteiger partial charge in [0.1, 0.15) is 0 Å².